The second-order valence-corrected chi connectivity index (χ2v) is 7.44. The molecule has 6 heteroatoms. The SMILES string of the molecule is CC(C)=CCc1cc(C[C@@]2(CO)OC(=O)C(O)=C2c2ccc(O)cc2)ccc1O. The van der Waals surface area contributed by atoms with Crippen LogP contribution in [0, 0.1) is 0 Å². The van der Waals surface area contributed by atoms with E-state index in [1.54, 1.807) is 30.3 Å². The standard InChI is InChI=1S/C23H24O6/c1-14(2)3-5-17-11-15(4-10-19(17)26)12-23(13-24)20(21(27)22(28)29-23)16-6-8-18(25)9-7-16/h3-4,6-11,24-27H,5,12-13H2,1-2H3/t23-/m0/s1. The van der Waals surface area contributed by atoms with Crippen LogP contribution in [-0.4, -0.2) is 38.6 Å². The summed E-state index contributed by atoms with van der Waals surface area (Å²) in [6, 6.07) is 11.0. The number of benzene rings is 2. The zero-order valence-corrected chi connectivity index (χ0v) is 16.3. The van der Waals surface area contributed by atoms with Gasteiger partial charge in [0.2, 0.25) is 5.76 Å². The number of aliphatic hydroxyl groups is 2. The molecule has 29 heavy (non-hydrogen) atoms. The monoisotopic (exact) mass is 396 g/mol. The van der Waals surface area contributed by atoms with Gasteiger partial charge in [-0.3, -0.25) is 0 Å². The van der Waals surface area contributed by atoms with Crippen molar-refractivity contribution in [2.75, 3.05) is 6.61 Å². The van der Waals surface area contributed by atoms with Gasteiger partial charge in [0.1, 0.15) is 11.5 Å². The number of allylic oxidation sites excluding steroid dienone is 2. The Morgan fingerprint density at radius 2 is 1.76 bits per heavy atom. The molecule has 0 radical (unpaired) electrons. The number of esters is 1. The highest BCUT2D eigenvalue weighted by Gasteiger charge is 2.48. The number of aliphatic hydroxyl groups excluding tert-OH is 2. The van der Waals surface area contributed by atoms with Crippen molar-refractivity contribution < 1.29 is 30.0 Å². The number of hydrogen-bond donors (Lipinski definition) is 4. The summed E-state index contributed by atoms with van der Waals surface area (Å²) in [6.45, 7) is 3.40. The fourth-order valence-electron chi connectivity index (χ4n) is 3.47. The van der Waals surface area contributed by atoms with Crippen molar-refractivity contribution in [1.29, 1.82) is 0 Å². The first-order valence-corrected chi connectivity index (χ1v) is 9.27. The van der Waals surface area contributed by atoms with Gasteiger partial charge < -0.3 is 25.2 Å². The molecule has 1 atom stereocenters. The number of hydrogen-bond acceptors (Lipinski definition) is 6. The molecule has 1 aliphatic rings. The lowest BCUT2D eigenvalue weighted by molar-refractivity contribution is -0.150. The highest BCUT2D eigenvalue weighted by molar-refractivity contribution is 6.02. The highest BCUT2D eigenvalue weighted by Crippen LogP contribution is 2.42. The lowest BCUT2D eigenvalue weighted by Crippen LogP contribution is -2.38. The van der Waals surface area contributed by atoms with Crippen LogP contribution in [0.1, 0.15) is 30.5 Å². The Kier molecular flexibility index (Phi) is 5.66. The van der Waals surface area contributed by atoms with Crippen LogP contribution in [0.3, 0.4) is 0 Å². The van der Waals surface area contributed by atoms with Crippen LogP contribution in [0.15, 0.2) is 59.9 Å². The molecule has 2 aromatic rings. The number of aromatic hydroxyl groups is 2. The third-order valence-corrected chi connectivity index (χ3v) is 4.95. The van der Waals surface area contributed by atoms with Crippen LogP contribution < -0.4 is 0 Å². The summed E-state index contributed by atoms with van der Waals surface area (Å²) in [7, 11) is 0. The van der Waals surface area contributed by atoms with Crippen LogP contribution in [0.5, 0.6) is 11.5 Å². The van der Waals surface area contributed by atoms with Crippen molar-refractivity contribution in [2.24, 2.45) is 0 Å². The van der Waals surface area contributed by atoms with E-state index < -0.39 is 23.9 Å². The summed E-state index contributed by atoms with van der Waals surface area (Å²) in [5.74, 6) is -1.28. The lowest BCUT2D eigenvalue weighted by Gasteiger charge is -2.29. The molecule has 2 aromatic carbocycles. The number of phenols is 2. The minimum absolute atomic E-state index is 0.0381. The number of phenolic OH excluding ortho intramolecular Hbond substituents is 2. The van der Waals surface area contributed by atoms with Gasteiger partial charge in [-0.1, -0.05) is 35.9 Å². The Labute approximate surface area is 169 Å². The maximum Gasteiger partial charge on any atom is 0.374 e. The van der Waals surface area contributed by atoms with Crippen LogP contribution >= 0.6 is 0 Å². The van der Waals surface area contributed by atoms with Gasteiger partial charge in [0.25, 0.3) is 0 Å². The van der Waals surface area contributed by atoms with Crippen LogP contribution in [-0.2, 0) is 22.4 Å². The molecule has 1 aliphatic heterocycles. The van der Waals surface area contributed by atoms with Gasteiger partial charge in [0.15, 0.2) is 5.60 Å². The molecule has 0 unspecified atom stereocenters. The average molecular weight is 396 g/mol. The smallest absolute Gasteiger partial charge is 0.374 e. The van der Waals surface area contributed by atoms with Crippen LogP contribution in [0.25, 0.3) is 5.57 Å². The third-order valence-electron chi connectivity index (χ3n) is 4.95. The van der Waals surface area contributed by atoms with E-state index in [0.717, 1.165) is 11.1 Å². The molecule has 4 N–H and O–H groups in total. The second-order valence-electron chi connectivity index (χ2n) is 7.44. The Morgan fingerprint density at radius 1 is 1.07 bits per heavy atom. The van der Waals surface area contributed by atoms with Gasteiger partial charge in [0, 0.05) is 6.42 Å². The molecule has 0 aliphatic carbocycles. The topological polar surface area (TPSA) is 107 Å². The van der Waals surface area contributed by atoms with E-state index in [0.29, 0.717) is 17.5 Å². The van der Waals surface area contributed by atoms with Crippen molar-refractivity contribution in [3.8, 4) is 11.5 Å². The van der Waals surface area contributed by atoms with Gasteiger partial charge in [-0.25, -0.2) is 4.79 Å². The van der Waals surface area contributed by atoms with Crippen molar-refractivity contribution in [1.82, 2.24) is 0 Å². The van der Waals surface area contributed by atoms with Gasteiger partial charge in [-0.2, -0.15) is 0 Å². The Bertz CT molecular complexity index is 983. The molecule has 0 fully saturated rings. The van der Waals surface area contributed by atoms with E-state index in [9.17, 15) is 25.2 Å². The van der Waals surface area contributed by atoms with Gasteiger partial charge in [-0.05, 0) is 55.2 Å². The normalized spacial score (nSPS) is 18.7. The van der Waals surface area contributed by atoms with E-state index in [2.05, 4.69) is 0 Å². The quantitative estimate of drug-likeness (QED) is 0.440. The number of ether oxygens (including phenoxy) is 1. The van der Waals surface area contributed by atoms with Crippen molar-refractivity contribution in [2.45, 2.75) is 32.3 Å². The van der Waals surface area contributed by atoms with E-state index in [-0.39, 0.29) is 23.5 Å². The fraction of sp³-hybridized carbons (Fsp3) is 0.261. The maximum absolute atomic E-state index is 12.1. The summed E-state index contributed by atoms with van der Waals surface area (Å²) < 4.78 is 5.43. The minimum Gasteiger partial charge on any atom is -0.508 e. The molecule has 0 bridgehead atoms. The van der Waals surface area contributed by atoms with Crippen molar-refractivity contribution >= 4 is 11.5 Å². The van der Waals surface area contributed by atoms with Gasteiger partial charge in [-0.15, -0.1) is 0 Å². The minimum atomic E-state index is -1.47. The predicted molar refractivity (Wildman–Crippen MR) is 109 cm³/mol. The summed E-state index contributed by atoms with van der Waals surface area (Å²) in [4.78, 5) is 12.1. The van der Waals surface area contributed by atoms with E-state index in [1.807, 2.05) is 19.9 Å². The number of cyclic esters (lactones) is 1. The fourth-order valence-corrected chi connectivity index (χ4v) is 3.47. The molecule has 1 heterocycles. The summed E-state index contributed by atoms with van der Waals surface area (Å²) >= 11 is 0. The largest absolute Gasteiger partial charge is 0.508 e. The van der Waals surface area contributed by atoms with Crippen LogP contribution in [0.4, 0.5) is 0 Å². The summed E-state index contributed by atoms with van der Waals surface area (Å²) in [6.07, 6.45) is 2.64. The average Bonchev–Trinajstić information content (AvgIpc) is 2.93. The molecular formula is C23H24O6. The van der Waals surface area contributed by atoms with E-state index in [1.165, 1.54) is 12.1 Å². The maximum atomic E-state index is 12.1. The van der Waals surface area contributed by atoms with Gasteiger partial charge >= 0.3 is 5.97 Å². The molecule has 0 aromatic heterocycles. The van der Waals surface area contributed by atoms with Crippen molar-refractivity contribution in [3.05, 3.63) is 76.6 Å². The van der Waals surface area contributed by atoms with Gasteiger partial charge in [0.05, 0.1) is 12.2 Å². The molecule has 3 rings (SSSR count). The van der Waals surface area contributed by atoms with Crippen LogP contribution in [0.2, 0.25) is 0 Å². The second kappa shape index (κ2) is 8.01. The highest BCUT2D eigenvalue weighted by atomic mass is 16.6. The third kappa shape index (κ3) is 4.12. The first-order valence-electron chi connectivity index (χ1n) is 9.27. The first-order chi connectivity index (χ1) is 13.8. The summed E-state index contributed by atoms with van der Waals surface area (Å²) in [5.41, 5.74) is 1.72. The number of rotatable bonds is 6. The van der Waals surface area contributed by atoms with Crippen molar-refractivity contribution in [3.63, 3.8) is 0 Å². The number of carbonyl (C=O) groups excluding carboxylic acids is 1. The molecule has 6 nitrogen and oxygen atoms in total. The predicted octanol–water partition coefficient (Wildman–Crippen LogP) is 3.41. The Balaban J connectivity index is 2.01. The molecule has 0 saturated carbocycles. The molecule has 0 spiro atoms. The van der Waals surface area contributed by atoms with E-state index >= 15 is 0 Å². The molecular weight excluding hydrogens is 372 g/mol. The molecule has 152 valence electrons. The zero-order chi connectivity index (χ0) is 21.2. The number of carbonyl (C=O) groups is 1. The summed E-state index contributed by atoms with van der Waals surface area (Å²) in [5, 5.41) is 40.2. The van der Waals surface area contributed by atoms with E-state index in [4.69, 9.17) is 4.74 Å². The molecule has 0 saturated heterocycles. The molecule has 0 amide bonds. The lowest BCUT2D eigenvalue weighted by atomic mass is 9.83. The Morgan fingerprint density at radius 3 is 2.38 bits per heavy atom. The Hall–Kier alpha value is -3.25. The zero-order valence-electron chi connectivity index (χ0n) is 16.3. The first kappa shape index (κ1) is 20.5.